The van der Waals surface area contributed by atoms with Crippen molar-refractivity contribution in [2.45, 2.75) is 22.9 Å². The fraction of sp³-hybridized carbons (Fsp3) is 0.308. The van der Waals surface area contributed by atoms with E-state index >= 15 is 0 Å². The SMILES string of the molecule is C#CC12C(=O)NC1CCN2S(=O)(=O)c1ccc(F)cc1. The van der Waals surface area contributed by atoms with Crippen LogP contribution < -0.4 is 5.32 Å². The fourth-order valence-electron chi connectivity index (χ4n) is 2.73. The molecule has 0 radical (unpaired) electrons. The summed E-state index contributed by atoms with van der Waals surface area (Å²) < 4.78 is 39.1. The number of terminal acetylenes is 1. The maximum Gasteiger partial charge on any atom is 0.256 e. The highest BCUT2D eigenvalue weighted by Crippen LogP contribution is 2.40. The molecule has 2 saturated heterocycles. The van der Waals surface area contributed by atoms with Gasteiger partial charge in [-0.25, -0.2) is 12.8 Å². The monoisotopic (exact) mass is 294 g/mol. The Morgan fingerprint density at radius 2 is 2.05 bits per heavy atom. The summed E-state index contributed by atoms with van der Waals surface area (Å²) in [7, 11) is -3.93. The average molecular weight is 294 g/mol. The number of carbonyl (C=O) groups is 1. The van der Waals surface area contributed by atoms with Gasteiger partial charge in [0.25, 0.3) is 5.91 Å². The Morgan fingerprint density at radius 1 is 1.40 bits per heavy atom. The maximum atomic E-state index is 12.9. The van der Waals surface area contributed by atoms with Crippen molar-refractivity contribution < 1.29 is 17.6 Å². The molecule has 1 aromatic rings. The molecule has 20 heavy (non-hydrogen) atoms. The maximum absolute atomic E-state index is 12.9. The summed E-state index contributed by atoms with van der Waals surface area (Å²) in [5, 5.41) is 2.61. The molecule has 7 heteroatoms. The van der Waals surface area contributed by atoms with Crippen LogP contribution in [0.25, 0.3) is 0 Å². The van der Waals surface area contributed by atoms with Crippen molar-refractivity contribution in [3.63, 3.8) is 0 Å². The summed E-state index contributed by atoms with van der Waals surface area (Å²) in [5.74, 6) is 1.31. The van der Waals surface area contributed by atoms with Crippen molar-refractivity contribution in [1.29, 1.82) is 0 Å². The molecular formula is C13H11FN2O3S. The number of nitrogens with one attached hydrogen (secondary N) is 1. The zero-order chi connectivity index (χ0) is 14.5. The number of hydrogen-bond donors (Lipinski definition) is 1. The largest absolute Gasteiger partial charge is 0.347 e. The number of carbonyl (C=O) groups excluding carboxylic acids is 1. The second-order valence-electron chi connectivity index (χ2n) is 4.76. The molecule has 0 bridgehead atoms. The van der Waals surface area contributed by atoms with Crippen LogP contribution in [0.5, 0.6) is 0 Å². The number of halogens is 1. The van der Waals surface area contributed by atoms with Crippen LogP contribution >= 0.6 is 0 Å². The third kappa shape index (κ3) is 1.46. The number of benzene rings is 1. The van der Waals surface area contributed by atoms with Crippen molar-refractivity contribution in [3.8, 4) is 12.3 Å². The van der Waals surface area contributed by atoms with E-state index in [1.54, 1.807) is 0 Å². The van der Waals surface area contributed by atoms with Gasteiger partial charge in [-0.3, -0.25) is 4.79 Å². The summed E-state index contributed by atoms with van der Waals surface area (Å²) >= 11 is 0. The van der Waals surface area contributed by atoms with E-state index in [0.717, 1.165) is 16.4 Å². The third-order valence-electron chi connectivity index (χ3n) is 3.79. The van der Waals surface area contributed by atoms with Gasteiger partial charge in [0.05, 0.1) is 10.9 Å². The number of β-lactam (4-membered cyclic amide) rings is 1. The molecule has 104 valence electrons. The molecule has 0 saturated carbocycles. The van der Waals surface area contributed by atoms with Crippen molar-refractivity contribution in [1.82, 2.24) is 9.62 Å². The highest BCUT2D eigenvalue weighted by atomic mass is 32.2. The van der Waals surface area contributed by atoms with Gasteiger partial charge < -0.3 is 5.32 Å². The van der Waals surface area contributed by atoms with Gasteiger partial charge in [0.1, 0.15) is 5.82 Å². The van der Waals surface area contributed by atoms with Crippen molar-refractivity contribution in [3.05, 3.63) is 30.1 Å². The number of sulfonamides is 1. The van der Waals surface area contributed by atoms with Gasteiger partial charge in [0, 0.05) is 6.54 Å². The minimum absolute atomic E-state index is 0.0751. The molecular weight excluding hydrogens is 283 g/mol. The second kappa shape index (κ2) is 4.04. The number of amides is 1. The summed E-state index contributed by atoms with van der Waals surface area (Å²) in [4.78, 5) is 11.7. The van der Waals surface area contributed by atoms with Crippen LogP contribution in [-0.4, -0.2) is 36.8 Å². The normalized spacial score (nSPS) is 29.2. The first-order valence-electron chi connectivity index (χ1n) is 6.00. The molecule has 0 aliphatic carbocycles. The first kappa shape index (κ1) is 13.1. The fourth-order valence-corrected chi connectivity index (χ4v) is 4.45. The Bertz CT molecular complexity index is 723. The molecule has 1 aromatic carbocycles. The molecule has 5 nitrogen and oxygen atoms in total. The molecule has 3 rings (SSSR count). The van der Waals surface area contributed by atoms with Crippen LogP contribution in [0.1, 0.15) is 6.42 Å². The standard InChI is InChI=1S/C13H11FN2O3S/c1-2-13-11(15-12(13)17)7-8-16(13)20(18,19)10-5-3-9(14)4-6-10/h1,3-6,11H,7-8H2,(H,15,17). The van der Waals surface area contributed by atoms with Gasteiger partial charge in [-0.2, -0.15) is 4.31 Å². The van der Waals surface area contributed by atoms with Gasteiger partial charge >= 0.3 is 0 Å². The summed E-state index contributed by atoms with van der Waals surface area (Å²) in [5.41, 5.74) is -1.44. The first-order chi connectivity index (χ1) is 9.42. The molecule has 2 fully saturated rings. The van der Waals surface area contributed by atoms with Crippen LogP contribution in [0.4, 0.5) is 4.39 Å². The zero-order valence-corrected chi connectivity index (χ0v) is 11.2. The highest BCUT2D eigenvalue weighted by Gasteiger charge is 2.65. The van der Waals surface area contributed by atoms with Crippen LogP contribution in [0.15, 0.2) is 29.2 Å². The first-order valence-corrected chi connectivity index (χ1v) is 7.44. The lowest BCUT2D eigenvalue weighted by atomic mass is 9.84. The third-order valence-corrected chi connectivity index (χ3v) is 5.71. The number of hydrogen-bond acceptors (Lipinski definition) is 3. The van der Waals surface area contributed by atoms with E-state index in [2.05, 4.69) is 11.2 Å². The molecule has 1 N–H and O–H groups in total. The van der Waals surface area contributed by atoms with E-state index in [-0.39, 0.29) is 17.5 Å². The molecule has 1 amide bonds. The number of rotatable bonds is 2. The minimum atomic E-state index is -3.93. The summed E-state index contributed by atoms with van der Waals surface area (Å²) in [6, 6.07) is 4.10. The van der Waals surface area contributed by atoms with Crippen molar-refractivity contribution in [2.75, 3.05) is 6.54 Å². The molecule has 2 unspecified atom stereocenters. The predicted octanol–water partition coefficient (Wildman–Crippen LogP) is 0.0905. The van der Waals surface area contributed by atoms with E-state index in [9.17, 15) is 17.6 Å². The Hall–Kier alpha value is -1.91. The van der Waals surface area contributed by atoms with Crippen LogP contribution in [0.3, 0.4) is 0 Å². The van der Waals surface area contributed by atoms with E-state index in [1.807, 2.05) is 0 Å². The molecule has 2 heterocycles. The Morgan fingerprint density at radius 3 is 2.60 bits per heavy atom. The van der Waals surface area contributed by atoms with Crippen molar-refractivity contribution >= 4 is 15.9 Å². The predicted molar refractivity (Wildman–Crippen MR) is 68.4 cm³/mol. The van der Waals surface area contributed by atoms with Crippen LogP contribution in [-0.2, 0) is 14.8 Å². The van der Waals surface area contributed by atoms with Gasteiger partial charge in [0.15, 0.2) is 5.54 Å². The smallest absolute Gasteiger partial charge is 0.256 e. The van der Waals surface area contributed by atoms with Gasteiger partial charge in [-0.05, 0) is 30.7 Å². The summed E-state index contributed by atoms with van der Waals surface area (Å²) in [6.45, 7) is 0.160. The molecule has 2 aliphatic heterocycles. The van der Waals surface area contributed by atoms with Gasteiger partial charge in [-0.1, -0.05) is 5.92 Å². The highest BCUT2D eigenvalue weighted by molar-refractivity contribution is 7.89. The van der Waals surface area contributed by atoms with E-state index < -0.39 is 27.3 Å². The second-order valence-corrected chi connectivity index (χ2v) is 6.62. The number of nitrogens with zero attached hydrogens (tertiary/aromatic N) is 1. The topological polar surface area (TPSA) is 66.5 Å². The molecule has 2 atom stereocenters. The van der Waals surface area contributed by atoms with Gasteiger partial charge in [-0.15, -0.1) is 6.42 Å². The Labute approximate surface area is 115 Å². The quantitative estimate of drug-likeness (QED) is 0.621. The number of fused-ring (bicyclic) bond motifs is 1. The van der Waals surface area contributed by atoms with Crippen molar-refractivity contribution in [2.24, 2.45) is 0 Å². The van der Waals surface area contributed by atoms with Crippen LogP contribution in [0.2, 0.25) is 0 Å². The lowest BCUT2D eigenvalue weighted by Crippen LogP contribution is -2.74. The summed E-state index contributed by atoms with van der Waals surface area (Å²) in [6.07, 6.45) is 5.88. The molecule has 0 spiro atoms. The lowest BCUT2D eigenvalue weighted by molar-refractivity contribution is -0.136. The molecule has 0 aromatic heterocycles. The Kier molecular flexibility index (Phi) is 2.64. The molecule has 2 aliphatic rings. The van der Waals surface area contributed by atoms with Crippen LogP contribution in [0, 0.1) is 18.2 Å². The average Bonchev–Trinajstić information content (AvgIpc) is 2.72. The zero-order valence-electron chi connectivity index (χ0n) is 10.3. The Balaban J connectivity index is 2.06. The van der Waals surface area contributed by atoms with E-state index in [1.165, 1.54) is 12.1 Å². The van der Waals surface area contributed by atoms with E-state index in [0.29, 0.717) is 6.42 Å². The minimum Gasteiger partial charge on any atom is -0.347 e. The van der Waals surface area contributed by atoms with E-state index in [4.69, 9.17) is 6.42 Å². The lowest BCUT2D eigenvalue weighted by Gasteiger charge is -2.43. The van der Waals surface area contributed by atoms with Gasteiger partial charge in [0.2, 0.25) is 10.0 Å².